The van der Waals surface area contributed by atoms with Crippen LogP contribution in [0.15, 0.2) is 4.47 Å². The lowest BCUT2D eigenvalue weighted by atomic mass is 9.81. The van der Waals surface area contributed by atoms with Crippen LogP contribution in [0.4, 0.5) is 0 Å². The molecule has 1 aliphatic rings. The van der Waals surface area contributed by atoms with Gasteiger partial charge in [-0.3, -0.25) is 9.58 Å². The maximum Gasteiger partial charge on any atom is 0.0739 e. The minimum Gasteiger partial charge on any atom is -0.392 e. The van der Waals surface area contributed by atoms with E-state index in [0.29, 0.717) is 0 Å². The highest BCUT2D eigenvalue weighted by Gasteiger charge is 2.34. The van der Waals surface area contributed by atoms with Gasteiger partial charge < -0.3 is 5.11 Å². The summed E-state index contributed by atoms with van der Waals surface area (Å²) in [5.41, 5.74) is 2.21. The molecule has 0 saturated carbocycles. The van der Waals surface area contributed by atoms with Crippen molar-refractivity contribution in [3.8, 4) is 0 Å². The fraction of sp³-hybridized carbons (Fsp3) is 0.769. The first-order valence-electron chi connectivity index (χ1n) is 6.39. The van der Waals surface area contributed by atoms with Crippen LogP contribution in [0.3, 0.4) is 0 Å². The third-order valence-electron chi connectivity index (χ3n) is 3.89. The topological polar surface area (TPSA) is 41.3 Å². The smallest absolute Gasteiger partial charge is 0.0739 e. The molecule has 1 aliphatic heterocycles. The fourth-order valence-electron chi connectivity index (χ4n) is 2.65. The highest BCUT2D eigenvalue weighted by molar-refractivity contribution is 9.10. The van der Waals surface area contributed by atoms with Gasteiger partial charge >= 0.3 is 0 Å². The van der Waals surface area contributed by atoms with Crippen LogP contribution in [-0.2, 0) is 13.6 Å². The van der Waals surface area contributed by atoms with Crippen LogP contribution in [-0.4, -0.2) is 39.0 Å². The second-order valence-corrected chi connectivity index (χ2v) is 6.77. The molecule has 1 unspecified atom stereocenters. The van der Waals surface area contributed by atoms with E-state index in [-0.39, 0.29) is 11.5 Å². The van der Waals surface area contributed by atoms with Crippen molar-refractivity contribution in [2.45, 2.75) is 39.8 Å². The van der Waals surface area contributed by atoms with E-state index in [2.05, 4.69) is 39.8 Å². The van der Waals surface area contributed by atoms with Crippen molar-refractivity contribution in [1.82, 2.24) is 14.7 Å². The summed E-state index contributed by atoms with van der Waals surface area (Å²) in [6, 6.07) is 0. The Balaban J connectivity index is 2.11. The average Bonchev–Trinajstić information content (AvgIpc) is 2.50. The zero-order chi connectivity index (χ0) is 13.5. The van der Waals surface area contributed by atoms with Crippen LogP contribution in [0.25, 0.3) is 0 Å². The first-order chi connectivity index (χ1) is 8.31. The van der Waals surface area contributed by atoms with E-state index in [9.17, 15) is 5.11 Å². The molecular weight excluding hydrogens is 294 g/mol. The molecule has 0 radical (unpaired) electrons. The zero-order valence-electron chi connectivity index (χ0n) is 11.6. The minimum atomic E-state index is -0.189. The lowest BCUT2D eigenvalue weighted by molar-refractivity contribution is -0.0276. The van der Waals surface area contributed by atoms with Gasteiger partial charge in [-0.2, -0.15) is 5.10 Å². The fourth-order valence-corrected chi connectivity index (χ4v) is 3.12. The van der Waals surface area contributed by atoms with Gasteiger partial charge in [0, 0.05) is 32.1 Å². The molecule has 18 heavy (non-hydrogen) atoms. The lowest BCUT2D eigenvalue weighted by Crippen LogP contribution is -2.48. The number of piperidine rings is 1. The van der Waals surface area contributed by atoms with Gasteiger partial charge in [0.1, 0.15) is 0 Å². The quantitative estimate of drug-likeness (QED) is 0.908. The van der Waals surface area contributed by atoms with Crippen LogP contribution < -0.4 is 0 Å². The second-order valence-electron chi connectivity index (χ2n) is 5.97. The normalized spacial score (nSPS) is 24.4. The Bertz CT molecular complexity index is 442. The van der Waals surface area contributed by atoms with Gasteiger partial charge in [-0.15, -0.1) is 0 Å². The van der Waals surface area contributed by atoms with Crippen LogP contribution >= 0.6 is 15.9 Å². The summed E-state index contributed by atoms with van der Waals surface area (Å²) in [5.74, 6) is 0. The summed E-state index contributed by atoms with van der Waals surface area (Å²) in [4.78, 5) is 2.40. The molecule has 1 saturated heterocycles. The Kier molecular flexibility index (Phi) is 3.85. The molecule has 0 amide bonds. The standard InChI is InChI=1S/C13H22BrN3O/c1-9-12(14)10(16(4)15-9)7-17-6-5-11(18)13(2,3)8-17/h11,18H,5-8H2,1-4H3. The number of aryl methyl sites for hydroxylation is 2. The van der Waals surface area contributed by atoms with Crippen LogP contribution in [0.2, 0.25) is 0 Å². The van der Waals surface area contributed by atoms with Crippen molar-refractivity contribution < 1.29 is 5.11 Å². The molecule has 0 bridgehead atoms. The van der Waals surface area contributed by atoms with Crippen LogP contribution in [0.5, 0.6) is 0 Å². The van der Waals surface area contributed by atoms with Crippen LogP contribution in [0, 0.1) is 12.3 Å². The first kappa shape index (κ1) is 14.0. The van der Waals surface area contributed by atoms with Gasteiger partial charge in [-0.05, 0) is 29.3 Å². The van der Waals surface area contributed by atoms with E-state index in [1.807, 2.05) is 18.7 Å². The molecular formula is C13H22BrN3O. The van der Waals surface area contributed by atoms with Crippen molar-refractivity contribution in [3.05, 3.63) is 15.9 Å². The van der Waals surface area contributed by atoms with E-state index in [1.54, 1.807) is 0 Å². The van der Waals surface area contributed by atoms with Crippen molar-refractivity contribution >= 4 is 15.9 Å². The highest BCUT2D eigenvalue weighted by Crippen LogP contribution is 2.31. The molecule has 5 heteroatoms. The molecule has 1 atom stereocenters. The van der Waals surface area contributed by atoms with Crippen molar-refractivity contribution in [3.63, 3.8) is 0 Å². The van der Waals surface area contributed by atoms with E-state index in [1.165, 1.54) is 5.69 Å². The molecule has 0 aliphatic carbocycles. The number of hydrogen-bond acceptors (Lipinski definition) is 3. The van der Waals surface area contributed by atoms with Gasteiger partial charge in [-0.25, -0.2) is 0 Å². The van der Waals surface area contributed by atoms with Crippen molar-refractivity contribution in [1.29, 1.82) is 0 Å². The summed E-state index contributed by atoms with van der Waals surface area (Å²) in [7, 11) is 1.98. The number of aliphatic hydroxyl groups excluding tert-OH is 1. The summed E-state index contributed by atoms with van der Waals surface area (Å²) in [5, 5.41) is 14.4. The van der Waals surface area contributed by atoms with Crippen molar-refractivity contribution in [2.24, 2.45) is 12.5 Å². The van der Waals surface area contributed by atoms with E-state index in [4.69, 9.17) is 0 Å². The number of likely N-dealkylation sites (tertiary alicyclic amines) is 1. The first-order valence-corrected chi connectivity index (χ1v) is 7.19. The number of rotatable bonds is 2. The number of aromatic nitrogens is 2. The summed E-state index contributed by atoms with van der Waals surface area (Å²) < 4.78 is 3.05. The van der Waals surface area contributed by atoms with Gasteiger partial charge in [0.2, 0.25) is 0 Å². The highest BCUT2D eigenvalue weighted by atomic mass is 79.9. The maximum absolute atomic E-state index is 9.98. The average molecular weight is 316 g/mol. The van der Waals surface area contributed by atoms with Gasteiger partial charge in [0.05, 0.1) is 22.0 Å². The van der Waals surface area contributed by atoms with Gasteiger partial charge in [-0.1, -0.05) is 13.8 Å². The Labute approximate surface area is 117 Å². The lowest BCUT2D eigenvalue weighted by Gasteiger charge is -2.41. The molecule has 2 heterocycles. The van der Waals surface area contributed by atoms with Gasteiger partial charge in [0.15, 0.2) is 0 Å². The predicted octanol–water partition coefficient (Wildman–Crippen LogP) is 2.08. The second kappa shape index (κ2) is 4.94. The molecule has 1 aromatic rings. The van der Waals surface area contributed by atoms with E-state index < -0.39 is 0 Å². The summed E-state index contributed by atoms with van der Waals surface area (Å²) in [6.07, 6.45) is 0.659. The molecule has 2 rings (SSSR count). The SMILES string of the molecule is Cc1nn(C)c(CN2CCC(O)C(C)(C)C2)c1Br. The number of halogens is 1. The summed E-state index contributed by atoms with van der Waals surface area (Å²) in [6.45, 7) is 9.03. The third kappa shape index (κ3) is 2.63. The molecule has 1 aromatic heterocycles. The van der Waals surface area contributed by atoms with Gasteiger partial charge in [0.25, 0.3) is 0 Å². The third-order valence-corrected chi connectivity index (χ3v) is 4.92. The molecule has 1 fully saturated rings. The predicted molar refractivity (Wildman–Crippen MR) is 75.3 cm³/mol. The Morgan fingerprint density at radius 3 is 2.67 bits per heavy atom. The Hall–Kier alpha value is -0.390. The molecule has 4 nitrogen and oxygen atoms in total. The maximum atomic E-state index is 9.98. The number of aliphatic hydroxyl groups is 1. The molecule has 0 aromatic carbocycles. The van der Waals surface area contributed by atoms with Crippen LogP contribution in [0.1, 0.15) is 31.7 Å². The Morgan fingerprint density at radius 2 is 2.17 bits per heavy atom. The van der Waals surface area contributed by atoms with E-state index >= 15 is 0 Å². The zero-order valence-corrected chi connectivity index (χ0v) is 13.2. The summed E-state index contributed by atoms with van der Waals surface area (Å²) >= 11 is 3.61. The minimum absolute atomic E-state index is 0.0294. The van der Waals surface area contributed by atoms with E-state index in [0.717, 1.165) is 36.2 Å². The van der Waals surface area contributed by atoms with Crippen molar-refractivity contribution in [2.75, 3.05) is 13.1 Å². The monoisotopic (exact) mass is 315 g/mol. The Morgan fingerprint density at radius 1 is 1.50 bits per heavy atom. The largest absolute Gasteiger partial charge is 0.392 e. The number of hydrogen-bond donors (Lipinski definition) is 1. The number of nitrogens with zero attached hydrogens (tertiary/aromatic N) is 3. The molecule has 0 spiro atoms. The molecule has 102 valence electrons. The molecule has 1 N–H and O–H groups in total.